The molecule has 0 aliphatic rings. The highest BCUT2D eigenvalue weighted by molar-refractivity contribution is 6.30. The van der Waals surface area contributed by atoms with Crippen LogP contribution in [0.2, 0.25) is 0 Å². The normalized spacial score (nSPS) is 12.3. The van der Waals surface area contributed by atoms with E-state index in [2.05, 4.69) is 219 Å². The minimum atomic E-state index is 0.431. The van der Waals surface area contributed by atoms with Gasteiger partial charge in [0.05, 0.1) is 0 Å². The highest BCUT2D eigenvalue weighted by Gasteiger charge is 2.23. The van der Waals surface area contributed by atoms with Crippen LogP contribution in [0.3, 0.4) is 0 Å². The van der Waals surface area contributed by atoms with E-state index in [4.69, 9.17) is 17.7 Å². The van der Waals surface area contributed by atoms with Crippen LogP contribution >= 0.6 is 0 Å². The summed E-state index contributed by atoms with van der Waals surface area (Å²) >= 11 is 0. The van der Waals surface area contributed by atoms with Crippen LogP contribution in [0.15, 0.2) is 224 Å². The van der Waals surface area contributed by atoms with Gasteiger partial charge in [-0.15, -0.1) is 0 Å². The van der Waals surface area contributed by atoms with Crippen molar-refractivity contribution in [2.45, 2.75) is 39.5 Å². The molecule has 0 saturated carbocycles. The Balaban J connectivity index is 0.846. The van der Waals surface area contributed by atoms with E-state index in [1.807, 2.05) is 24.3 Å². The molecule has 0 aliphatic carbocycles. The Bertz CT molecular complexity index is 4440. The van der Waals surface area contributed by atoms with Crippen LogP contribution < -0.4 is 9.80 Å². The summed E-state index contributed by atoms with van der Waals surface area (Å²) in [6.45, 7) is 8.94. The van der Waals surface area contributed by atoms with Crippen molar-refractivity contribution in [2.24, 2.45) is 0 Å². The van der Waals surface area contributed by atoms with Gasteiger partial charge in [0.2, 0.25) is 0 Å². The molecule has 4 aromatic heterocycles. The Kier molecular flexibility index (Phi) is 9.24. The summed E-state index contributed by atoms with van der Waals surface area (Å²) < 4.78 is 26.3. The molecule has 74 heavy (non-hydrogen) atoms. The molecule has 15 rings (SSSR count). The first-order valence-electron chi connectivity index (χ1n) is 25.6. The maximum atomic E-state index is 6.88. The van der Waals surface area contributed by atoms with E-state index < -0.39 is 0 Å². The van der Waals surface area contributed by atoms with Crippen LogP contribution in [0, 0.1) is 0 Å². The van der Waals surface area contributed by atoms with Gasteiger partial charge in [0.1, 0.15) is 44.7 Å². The predicted molar refractivity (Wildman–Crippen MR) is 308 cm³/mol. The molecule has 0 radical (unpaired) electrons. The first-order chi connectivity index (χ1) is 36.3. The van der Waals surface area contributed by atoms with Crippen LogP contribution in [-0.4, -0.2) is 0 Å². The van der Waals surface area contributed by atoms with Gasteiger partial charge in [0.25, 0.3) is 0 Å². The van der Waals surface area contributed by atoms with Gasteiger partial charge >= 0.3 is 0 Å². The van der Waals surface area contributed by atoms with Gasteiger partial charge in [0, 0.05) is 88.0 Å². The molecule has 0 bridgehead atoms. The second kappa shape index (κ2) is 16.1. The average molecular weight is 957 g/mol. The van der Waals surface area contributed by atoms with E-state index in [1.54, 1.807) is 0 Å². The SMILES string of the molecule is CC(C)c1ccc(N(c2ccc3c(ccc4c3oc3ccc5oc6c7ccc(N(c8ccc(C(C)C)cc8)c8ccc9oc%10ccccc%10c9c8)cc7ccc6c5c34)c2)c2ccc3oc4ccccc4c3c2)cc1. The molecule has 0 unspecified atom stereocenters. The number of benzene rings is 11. The Morgan fingerprint density at radius 3 is 1.05 bits per heavy atom. The van der Waals surface area contributed by atoms with Crippen molar-refractivity contribution in [2.75, 3.05) is 9.80 Å². The minimum Gasteiger partial charge on any atom is -0.456 e. The maximum absolute atomic E-state index is 6.88. The summed E-state index contributed by atoms with van der Waals surface area (Å²) in [5.74, 6) is 0.861. The molecule has 11 aromatic carbocycles. The molecule has 0 saturated heterocycles. The Morgan fingerprint density at radius 1 is 0.270 bits per heavy atom. The number of nitrogens with zero attached hydrogens (tertiary/aromatic N) is 2. The Labute approximate surface area is 425 Å². The smallest absolute Gasteiger partial charge is 0.143 e. The van der Waals surface area contributed by atoms with Crippen molar-refractivity contribution < 1.29 is 17.7 Å². The summed E-state index contributed by atoms with van der Waals surface area (Å²) in [5, 5.41) is 12.9. The van der Waals surface area contributed by atoms with E-state index >= 15 is 0 Å². The number of fused-ring (bicyclic) bond motifs is 17. The molecule has 0 spiro atoms. The maximum Gasteiger partial charge on any atom is 0.143 e. The van der Waals surface area contributed by atoms with Crippen LogP contribution in [0.1, 0.15) is 50.7 Å². The zero-order chi connectivity index (χ0) is 49.3. The monoisotopic (exact) mass is 956 g/mol. The van der Waals surface area contributed by atoms with Crippen LogP contribution in [0.4, 0.5) is 34.1 Å². The van der Waals surface area contributed by atoms with Crippen LogP contribution in [0.25, 0.3) is 109 Å². The average Bonchev–Trinajstić information content (AvgIpc) is 4.26. The lowest BCUT2D eigenvalue weighted by atomic mass is 10.00. The first-order valence-corrected chi connectivity index (χ1v) is 25.6. The number of furan rings is 4. The molecule has 0 fully saturated rings. The quantitative estimate of drug-likeness (QED) is 0.151. The van der Waals surface area contributed by atoms with E-state index in [0.717, 1.165) is 143 Å². The van der Waals surface area contributed by atoms with Crippen molar-refractivity contribution in [3.63, 3.8) is 0 Å². The highest BCUT2D eigenvalue weighted by Crippen LogP contribution is 2.47. The van der Waals surface area contributed by atoms with Gasteiger partial charge in [0.15, 0.2) is 0 Å². The van der Waals surface area contributed by atoms with Crippen LogP contribution in [-0.2, 0) is 0 Å². The molecule has 0 atom stereocenters. The van der Waals surface area contributed by atoms with Gasteiger partial charge in [-0.05, 0) is 167 Å². The van der Waals surface area contributed by atoms with E-state index in [0.29, 0.717) is 11.8 Å². The van der Waals surface area contributed by atoms with Gasteiger partial charge < -0.3 is 27.5 Å². The fourth-order valence-corrected chi connectivity index (χ4v) is 11.6. The lowest BCUT2D eigenvalue weighted by Gasteiger charge is -2.26. The third kappa shape index (κ3) is 6.51. The fourth-order valence-electron chi connectivity index (χ4n) is 11.6. The second-order valence-corrected chi connectivity index (χ2v) is 20.4. The summed E-state index contributed by atoms with van der Waals surface area (Å²) in [4.78, 5) is 4.68. The Hall–Kier alpha value is -9.26. The third-order valence-corrected chi connectivity index (χ3v) is 15.4. The molecule has 15 aromatic rings. The second-order valence-electron chi connectivity index (χ2n) is 20.4. The molecule has 0 amide bonds. The highest BCUT2D eigenvalue weighted by atomic mass is 16.3. The van der Waals surface area contributed by atoms with Crippen molar-refractivity contribution in [3.8, 4) is 0 Å². The molecule has 6 nitrogen and oxygen atoms in total. The van der Waals surface area contributed by atoms with Gasteiger partial charge in [-0.25, -0.2) is 0 Å². The fraction of sp³-hybridized carbons (Fsp3) is 0.0882. The standard InChI is InChI=1S/C68H48N2O4/c1-39(2)41-13-19-45(20-14-41)69(49-25-31-61-57(37-49)53-9-5-7-11-59(53)71-61)47-23-29-51-43(35-47)17-27-55-65-63(73-67(51)55)33-34-64-66(65)56-28-18-44-36-48(24-30-52(44)68(56)74-64)70(46-21-15-42(16-22-46)40(3)4)50-26-32-62-58(38-50)54-10-6-8-12-60(54)72-62/h5-40H,1-4H3. The van der Waals surface area contributed by atoms with E-state index in [-0.39, 0.29) is 0 Å². The molecule has 0 N–H and O–H groups in total. The lowest BCUT2D eigenvalue weighted by molar-refractivity contribution is 0.666. The molecule has 4 heterocycles. The first kappa shape index (κ1) is 42.4. The van der Waals surface area contributed by atoms with Crippen molar-refractivity contribution in [3.05, 3.63) is 217 Å². The zero-order valence-corrected chi connectivity index (χ0v) is 41.3. The summed E-state index contributed by atoms with van der Waals surface area (Å²) in [6.07, 6.45) is 0. The minimum absolute atomic E-state index is 0.431. The molecule has 6 heteroatoms. The topological polar surface area (TPSA) is 59.0 Å². The summed E-state index contributed by atoms with van der Waals surface area (Å²) in [7, 11) is 0. The molecule has 0 aliphatic heterocycles. The van der Waals surface area contributed by atoms with Gasteiger partial charge in [-0.3, -0.25) is 0 Å². The van der Waals surface area contributed by atoms with Crippen LogP contribution in [0.5, 0.6) is 0 Å². The molecule has 354 valence electrons. The van der Waals surface area contributed by atoms with Crippen molar-refractivity contribution >= 4 is 143 Å². The number of rotatable bonds is 8. The summed E-state index contributed by atoms with van der Waals surface area (Å²) in [5.41, 5.74) is 15.9. The third-order valence-electron chi connectivity index (χ3n) is 15.4. The largest absolute Gasteiger partial charge is 0.456 e. The summed E-state index contributed by atoms with van der Waals surface area (Å²) in [6, 6.07) is 73.8. The van der Waals surface area contributed by atoms with Gasteiger partial charge in [-0.2, -0.15) is 0 Å². The number of hydrogen-bond acceptors (Lipinski definition) is 6. The number of hydrogen-bond donors (Lipinski definition) is 0. The zero-order valence-electron chi connectivity index (χ0n) is 41.3. The van der Waals surface area contributed by atoms with E-state index in [9.17, 15) is 0 Å². The Morgan fingerprint density at radius 2 is 0.622 bits per heavy atom. The number of para-hydroxylation sites is 2. The lowest BCUT2D eigenvalue weighted by Crippen LogP contribution is -2.10. The molecular formula is C68H48N2O4. The van der Waals surface area contributed by atoms with Crippen molar-refractivity contribution in [1.82, 2.24) is 0 Å². The number of anilines is 6. The predicted octanol–water partition coefficient (Wildman–Crippen LogP) is 20.8. The van der Waals surface area contributed by atoms with Crippen molar-refractivity contribution in [1.29, 1.82) is 0 Å². The van der Waals surface area contributed by atoms with Gasteiger partial charge in [-0.1, -0.05) is 100 Å². The molecular weight excluding hydrogens is 909 g/mol. The van der Waals surface area contributed by atoms with E-state index in [1.165, 1.54) is 11.1 Å².